The Kier molecular flexibility index (Phi) is 6.56. The summed E-state index contributed by atoms with van der Waals surface area (Å²) in [6.07, 6.45) is 0. The van der Waals surface area contributed by atoms with Crippen molar-refractivity contribution < 1.29 is 9.53 Å². The number of ether oxygens (including phenoxy) is 1. The van der Waals surface area contributed by atoms with Crippen LogP contribution in [0.5, 0.6) is 5.75 Å². The van der Waals surface area contributed by atoms with E-state index in [0.29, 0.717) is 5.16 Å². The fraction of sp³-hybridized carbons (Fsp3) is 0.160. The molecule has 0 atom stereocenters. The Morgan fingerprint density at radius 2 is 1.78 bits per heavy atom. The number of hydrogen-bond acceptors (Lipinski definition) is 5. The molecule has 1 N–H and O–H groups in total. The molecule has 0 saturated heterocycles. The highest BCUT2D eigenvalue weighted by Gasteiger charge is 2.18. The summed E-state index contributed by atoms with van der Waals surface area (Å²) in [4.78, 5) is 12.6. The predicted octanol–water partition coefficient (Wildman–Crippen LogP) is 5.29. The number of thioether (sulfide) groups is 1. The third-order valence-corrected chi connectivity index (χ3v) is 5.92. The number of para-hydroxylation sites is 1. The van der Waals surface area contributed by atoms with Gasteiger partial charge in [0.05, 0.1) is 12.9 Å². The molecule has 4 rings (SSSR count). The van der Waals surface area contributed by atoms with Gasteiger partial charge in [0.2, 0.25) is 5.91 Å². The molecule has 0 aliphatic carbocycles. The predicted molar refractivity (Wildman–Crippen MR) is 129 cm³/mol. The second kappa shape index (κ2) is 9.70. The summed E-state index contributed by atoms with van der Waals surface area (Å²) < 4.78 is 7.27. The maximum Gasteiger partial charge on any atom is 0.234 e. The van der Waals surface area contributed by atoms with Crippen LogP contribution < -0.4 is 10.1 Å². The Hall–Kier alpha value is -3.58. The molecule has 0 unspecified atom stereocenters. The van der Waals surface area contributed by atoms with Crippen molar-refractivity contribution in [2.75, 3.05) is 18.2 Å². The lowest BCUT2D eigenvalue weighted by molar-refractivity contribution is -0.113. The highest BCUT2D eigenvalue weighted by atomic mass is 32.2. The molecule has 1 aromatic heterocycles. The molecular weight excluding hydrogens is 420 g/mol. The number of nitrogens with one attached hydrogen (secondary N) is 1. The highest BCUT2D eigenvalue weighted by Crippen LogP contribution is 2.29. The summed E-state index contributed by atoms with van der Waals surface area (Å²) in [5.41, 5.74) is 4.83. The number of anilines is 1. The first-order chi connectivity index (χ1) is 15.5. The molecule has 0 spiro atoms. The van der Waals surface area contributed by atoms with Gasteiger partial charge >= 0.3 is 0 Å². The van der Waals surface area contributed by atoms with Crippen LogP contribution in [-0.4, -0.2) is 33.5 Å². The van der Waals surface area contributed by atoms with Gasteiger partial charge in [0.15, 0.2) is 11.0 Å². The largest absolute Gasteiger partial charge is 0.497 e. The van der Waals surface area contributed by atoms with E-state index >= 15 is 0 Å². The zero-order chi connectivity index (χ0) is 22.5. The van der Waals surface area contributed by atoms with Gasteiger partial charge in [0, 0.05) is 16.9 Å². The minimum Gasteiger partial charge on any atom is -0.497 e. The summed E-state index contributed by atoms with van der Waals surface area (Å²) in [5.74, 6) is 1.62. The van der Waals surface area contributed by atoms with Gasteiger partial charge in [-0.2, -0.15) is 0 Å². The quantitative estimate of drug-likeness (QED) is 0.392. The molecule has 4 aromatic rings. The van der Waals surface area contributed by atoms with Crippen LogP contribution in [-0.2, 0) is 4.79 Å². The number of nitrogens with zero attached hydrogens (tertiary/aromatic N) is 3. The third-order valence-electron chi connectivity index (χ3n) is 4.99. The average Bonchev–Trinajstić information content (AvgIpc) is 3.23. The van der Waals surface area contributed by atoms with Crippen molar-refractivity contribution in [2.24, 2.45) is 0 Å². The van der Waals surface area contributed by atoms with E-state index in [0.717, 1.165) is 39.6 Å². The molecule has 162 valence electrons. The van der Waals surface area contributed by atoms with Gasteiger partial charge in [0.25, 0.3) is 0 Å². The Morgan fingerprint density at radius 3 is 2.50 bits per heavy atom. The van der Waals surface area contributed by atoms with Crippen LogP contribution in [0, 0.1) is 13.8 Å². The molecule has 3 aromatic carbocycles. The Bertz CT molecular complexity index is 1230. The molecule has 6 nitrogen and oxygen atoms in total. The standard InChI is InChI=1S/C25H24N4O2S/c1-17-7-6-9-19(15-17)24-27-28-25(29(24)20-11-13-21(31-3)14-12-20)32-16-23(30)26-22-10-5-4-8-18(22)2/h4-15H,16H2,1-3H3,(H,26,30). The monoisotopic (exact) mass is 444 g/mol. The summed E-state index contributed by atoms with van der Waals surface area (Å²) in [5, 5.41) is 12.5. The summed E-state index contributed by atoms with van der Waals surface area (Å²) in [6.45, 7) is 4.01. The topological polar surface area (TPSA) is 69.0 Å². The van der Waals surface area contributed by atoms with E-state index in [1.54, 1.807) is 7.11 Å². The van der Waals surface area contributed by atoms with E-state index < -0.39 is 0 Å². The maximum absolute atomic E-state index is 12.6. The molecule has 0 saturated carbocycles. The number of benzene rings is 3. The normalized spacial score (nSPS) is 10.7. The van der Waals surface area contributed by atoms with E-state index in [-0.39, 0.29) is 11.7 Å². The van der Waals surface area contributed by atoms with Crippen molar-refractivity contribution in [3.8, 4) is 22.8 Å². The molecule has 0 fully saturated rings. The van der Waals surface area contributed by atoms with Crippen molar-refractivity contribution in [1.29, 1.82) is 0 Å². The lowest BCUT2D eigenvalue weighted by Crippen LogP contribution is -2.15. The van der Waals surface area contributed by atoms with Gasteiger partial charge in [-0.1, -0.05) is 53.7 Å². The van der Waals surface area contributed by atoms with Crippen LogP contribution in [0.25, 0.3) is 17.1 Å². The van der Waals surface area contributed by atoms with E-state index in [4.69, 9.17) is 4.74 Å². The van der Waals surface area contributed by atoms with Crippen LogP contribution in [0.4, 0.5) is 5.69 Å². The van der Waals surface area contributed by atoms with Crippen molar-refractivity contribution >= 4 is 23.4 Å². The van der Waals surface area contributed by atoms with Gasteiger partial charge in [-0.05, 0) is 55.8 Å². The van der Waals surface area contributed by atoms with Crippen LogP contribution in [0.1, 0.15) is 11.1 Å². The van der Waals surface area contributed by atoms with E-state index in [2.05, 4.69) is 21.6 Å². The SMILES string of the molecule is COc1ccc(-n2c(SCC(=O)Nc3ccccc3C)nnc2-c2cccc(C)c2)cc1. The van der Waals surface area contributed by atoms with Crippen LogP contribution in [0.3, 0.4) is 0 Å². The smallest absolute Gasteiger partial charge is 0.234 e. The Morgan fingerprint density at radius 1 is 1.00 bits per heavy atom. The number of aryl methyl sites for hydroxylation is 2. The number of aromatic nitrogens is 3. The van der Waals surface area contributed by atoms with Crippen LogP contribution >= 0.6 is 11.8 Å². The van der Waals surface area contributed by atoms with Crippen molar-refractivity contribution in [3.05, 3.63) is 83.9 Å². The van der Waals surface area contributed by atoms with E-state index in [9.17, 15) is 4.79 Å². The maximum atomic E-state index is 12.6. The molecule has 0 bridgehead atoms. The minimum absolute atomic E-state index is 0.0920. The van der Waals surface area contributed by atoms with Crippen LogP contribution in [0.15, 0.2) is 78.0 Å². The molecule has 0 radical (unpaired) electrons. The van der Waals surface area contributed by atoms with Gasteiger partial charge in [-0.15, -0.1) is 10.2 Å². The zero-order valence-electron chi connectivity index (χ0n) is 18.2. The number of carbonyl (C=O) groups is 1. The second-order valence-electron chi connectivity index (χ2n) is 7.36. The number of carbonyl (C=O) groups excluding carboxylic acids is 1. The number of amides is 1. The molecule has 1 amide bonds. The van der Waals surface area contributed by atoms with Crippen molar-refractivity contribution in [3.63, 3.8) is 0 Å². The van der Waals surface area contributed by atoms with Crippen molar-refractivity contribution in [1.82, 2.24) is 14.8 Å². The number of methoxy groups -OCH3 is 1. The van der Waals surface area contributed by atoms with E-state index in [1.807, 2.05) is 85.1 Å². The molecule has 0 aliphatic heterocycles. The fourth-order valence-corrected chi connectivity index (χ4v) is 4.08. The Labute approximate surface area is 191 Å². The van der Waals surface area contributed by atoms with E-state index in [1.165, 1.54) is 11.8 Å². The molecule has 7 heteroatoms. The summed E-state index contributed by atoms with van der Waals surface area (Å²) in [7, 11) is 1.64. The third kappa shape index (κ3) is 4.84. The van der Waals surface area contributed by atoms with Crippen LogP contribution in [0.2, 0.25) is 0 Å². The lowest BCUT2D eigenvalue weighted by atomic mass is 10.1. The first-order valence-electron chi connectivity index (χ1n) is 10.2. The number of hydrogen-bond donors (Lipinski definition) is 1. The summed E-state index contributed by atoms with van der Waals surface area (Å²) >= 11 is 1.35. The van der Waals surface area contributed by atoms with Gasteiger partial charge in [-0.25, -0.2) is 0 Å². The van der Waals surface area contributed by atoms with Crippen molar-refractivity contribution in [2.45, 2.75) is 19.0 Å². The zero-order valence-corrected chi connectivity index (χ0v) is 19.0. The minimum atomic E-state index is -0.0920. The molecule has 1 heterocycles. The molecule has 0 aliphatic rings. The first-order valence-corrected chi connectivity index (χ1v) is 11.2. The lowest BCUT2D eigenvalue weighted by Gasteiger charge is -2.12. The fourth-order valence-electron chi connectivity index (χ4n) is 3.33. The Balaban J connectivity index is 1.62. The highest BCUT2D eigenvalue weighted by molar-refractivity contribution is 7.99. The molecule has 32 heavy (non-hydrogen) atoms. The van der Waals surface area contributed by atoms with Gasteiger partial charge < -0.3 is 10.1 Å². The van der Waals surface area contributed by atoms with Gasteiger partial charge in [-0.3, -0.25) is 9.36 Å². The number of rotatable bonds is 7. The van der Waals surface area contributed by atoms with Gasteiger partial charge in [0.1, 0.15) is 5.75 Å². The first kappa shape index (κ1) is 21.6. The molecular formula is C25H24N4O2S. The summed E-state index contributed by atoms with van der Waals surface area (Å²) in [6, 6.07) is 23.6. The average molecular weight is 445 g/mol. The second-order valence-corrected chi connectivity index (χ2v) is 8.30.